The number of Topliss-reactive ketones (excluding diaryl/α,β-unsaturated/α-hetero) is 2. The summed E-state index contributed by atoms with van der Waals surface area (Å²) in [5, 5.41) is 0. The zero-order valence-corrected chi connectivity index (χ0v) is 20.3. The number of rotatable bonds is 5. The first-order valence-electron chi connectivity index (χ1n) is 10.3. The number of hydrogen-bond donors (Lipinski definition) is 0. The third kappa shape index (κ3) is 2.69. The van der Waals surface area contributed by atoms with E-state index in [1.807, 2.05) is 19.1 Å². The molecule has 0 spiro atoms. The predicted molar refractivity (Wildman–Crippen MR) is 127 cm³/mol. The number of ketones is 2. The van der Waals surface area contributed by atoms with Gasteiger partial charge in [0.2, 0.25) is 0 Å². The summed E-state index contributed by atoms with van der Waals surface area (Å²) >= 11 is 6.88. The third-order valence-corrected chi connectivity index (χ3v) is 7.84. The lowest BCUT2D eigenvalue weighted by Crippen LogP contribution is -2.39. The largest absolute Gasteiger partial charge is 0.425 e. The molecule has 0 N–H and O–H groups in total. The Kier molecular flexibility index (Phi) is 4.98. The van der Waals surface area contributed by atoms with Gasteiger partial charge in [-0.2, -0.15) is 0 Å². The van der Waals surface area contributed by atoms with E-state index < -0.39 is 22.7 Å². The molecule has 1 aliphatic heterocycles. The third-order valence-electron chi connectivity index (χ3n) is 6.82. The van der Waals surface area contributed by atoms with E-state index in [4.69, 9.17) is 4.74 Å². The van der Waals surface area contributed by atoms with Gasteiger partial charge in [-0.3, -0.25) is 14.4 Å². The highest BCUT2D eigenvalue weighted by molar-refractivity contribution is 9.10. The quantitative estimate of drug-likeness (QED) is 0.159. The molecule has 0 bridgehead atoms. The molecule has 32 heavy (non-hydrogen) atoms. The fourth-order valence-corrected chi connectivity index (χ4v) is 6.05. The lowest BCUT2D eigenvalue weighted by molar-refractivity contribution is -0.140. The van der Waals surface area contributed by atoms with E-state index in [1.165, 1.54) is 0 Å². The van der Waals surface area contributed by atoms with E-state index in [0.717, 1.165) is 8.95 Å². The summed E-state index contributed by atoms with van der Waals surface area (Å²) in [6.45, 7) is 1.86. The van der Waals surface area contributed by atoms with Crippen molar-refractivity contribution < 1.29 is 19.1 Å². The summed E-state index contributed by atoms with van der Waals surface area (Å²) in [5.74, 6) is -1.44. The molecule has 1 saturated carbocycles. The van der Waals surface area contributed by atoms with Gasteiger partial charge in [0.05, 0.1) is 5.41 Å². The molecular formula is C26H18Br2O4. The molecule has 4 nitrogen and oxygen atoms in total. The topological polar surface area (TPSA) is 60.4 Å². The van der Waals surface area contributed by atoms with Crippen LogP contribution >= 0.6 is 31.9 Å². The Morgan fingerprint density at radius 1 is 0.875 bits per heavy atom. The second-order valence-corrected chi connectivity index (χ2v) is 10.0. The van der Waals surface area contributed by atoms with Crippen molar-refractivity contribution in [3.8, 4) is 5.75 Å². The average molecular weight is 554 g/mol. The van der Waals surface area contributed by atoms with Crippen molar-refractivity contribution in [1.82, 2.24) is 0 Å². The smallest absolute Gasteiger partial charge is 0.327 e. The lowest BCUT2D eigenvalue weighted by atomic mass is 9.79. The highest BCUT2D eigenvalue weighted by Crippen LogP contribution is 2.80. The maximum atomic E-state index is 14.0. The first kappa shape index (κ1) is 21.3. The highest BCUT2D eigenvalue weighted by Gasteiger charge is 2.88. The number of carbonyl (C=O) groups excluding carboxylic acids is 3. The summed E-state index contributed by atoms with van der Waals surface area (Å²) < 4.78 is 7.35. The zero-order valence-electron chi connectivity index (χ0n) is 17.1. The number of halogens is 2. The monoisotopic (exact) mass is 552 g/mol. The van der Waals surface area contributed by atoms with Gasteiger partial charge in [-0.25, -0.2) is 0 Å². The maximum absolute atomic E-state index is 14.0. The number of hydrogen-bond acceptors (Lipinski definition) is 4. The minimum absolute atomic E-state index is 0.216. The molecule has 0 saturated heterocycles. The molecule has 6 heteroatoms. The van der Waals surface area contributed by atoms with Crippen LogP contribution in [0.3, 0.4) is 0 Å². The van der Waals surface area contributed by atoms with E-state index >= 15 is 0 Å². The molecule has 5 rings (SSSR count). The lowest BCUT2D eigenvalue weighted by Gasteiger charge is -2.23. The summed E-state index contributed by atoms with van der Waals surface area (Å²) in [6.07, 6.45) is 0.326. The van der Waals surface area contributed by atoms with Crippen molar-refractivity contribution in [2.75, 3.05) is 0 Å². The Bertz CT molecular complexity index is 1270. The molecule has 3 aromatic rings. The van der Waals surface area contributed by atoms with Crippen LogP contribution in [0.15, 0.2) is 81.7 Å². The molecule has 3 atom stereocenters. The van der Waals surface area contributed by atoms with Gasteiger partial charge in [0.25, 0.3) is 0 Å². The fourth-order valence-electron chi connectivity index (χ4n) is 5.41. The standard InChI is InChI=1S/C26H18Br2O4/c1-2-25(22(29)16-8-10-17(27)11-9-16)21-19-14-18(28)12-13-20(19)32-24(31)26(21,25)23(30)15-6-4-3-5-7-15/h3-14,21H,2H2,1H3/t21-,25+,26+/m1/s1. The fraction of sp³-hybridized carbons (Fsp3) is 0.192. The van der Waals surface area contributed by atoms with Crippen LogP contribution in [0.4, 0.5) is 0 Å². The highest BCUT2D eigenvalue weighted by atomic mass is 79.9. The van der Waals surface area contributed by atoms with E-state index in [0.29, 0.717) is 28.9 Å². The molecule has 1 fully saturated rings. The summed E-state index contributed by atoms with van der Waals surface area (Å²) in [7, 11) is 0. The van der Waals surface area contributed by atoms with Crippen LogP contribution in [0.1, 0.15) is 45.5 Å². The van der Waals surface area contributed by atoms with Crippen LogP contribution in [0.2, 0.25) is 0 Å². The van der Waals surface area contributed by atoms with Gasteiger partial charge < -0.3 is 4.74 Å². The van der Waals surface area contributed by atoms with E-state index in [1.54, 1.807) is 60.7 Å². The van der Waals surface area contributed by atoms with Crippen molar-refractivity contribution in [2.45, 2.75) is 19.3 Å². The van der Waals surface area contributed by atoms with Gasteiger partial charge in [-0.1, -0.05) is 81.2 Å². The van der Waals surface area contributed by atoms with Gasteiger partial charge >= 0.3 is 5.97 Å². The van der Waals surface area contributed by atoms with Gasteiger partial charge in [-0.05, 0) is 36.8 Å². The Labute approximate surface area is 202 Å². The van der Waals surface area contributed by atoms with Crippen LogP contribution in [-0.4, -0.2) is 17.5 Å². The molecule has 3 aromatic carbocycles. The normalized spacial score (nSPS) is 25.3. The molecular weight excluding hydrogens is 536 g/mol. The average Bonchev–Trinajstić information content (AvgIpc) is 3.46. The van der Waals surface area contributed by atoms with E-state index in [9.17, 15) is 14.4 Å². The van der Waals surface area contributed by atoms with Crippen LogP contribution in [0, 0.1) is 10.8 Å². The maximum Gasteiger partial charge on any atom is 0.327 e. The number of esters is 1. The summed E-state index contributed by atoms with van der Waals surface area (Å²) in [6, 6.07) is 21.0. The summed E-state index contributed by atoms with van der Waals surface area (Å²) in [5.41, 5.74) is -1.26. The molecule has 0 aromatic heterocycles. The van der Waals surface area contributed by atoms with Gasteiger partial charge in [0.1, 0.15) is 5.75 Å². The van der Waals surface area contributed by atoms with Crippen molar-refractivity contribution >= 4 is 49.4 Å². The number of ether oxygens (including phenoxy) is 1. The molecule has 0 unspecified atom stereocenters. The minimum atomic E-state index is -1.60. The minimum Gasteiger partial charge on any atom is -0.425 e. The van der Waals surface area contributed by atoms with Gasteiger partial charge in [0, 0.05) is 31.6 Å². The summed E-state index contributed by atoms with van der Waals surface area (Å²) in [4.78, 5) is 41.6. The predicted octanol–water partition coefficient (Wildman–Crippen LogP) is 6.38. The Morgan fingerprint density at radius 2 is 1.50 bits per heavy atom. The van der Waals surface area contributed by atoms with Crippen molar-refractivity contribution in [3.05, 3.63) is 98.4 Å². The second-order valence-electron chi connectivity index (χ2n) is 8.17. The van der Waals surface area contributed by atoms with Crippen LogP contribution in [-0.2, 0) is 4.79 Å². The molecule has 1 aliphatic carbocycles. The van der Waals surface area contributed by atoms with Gasteiger partial charge in [-0.15, -0.1) is 0 Å². The first-order valence-corrected chi connectivity index (χ1v) is 11.9. The SMILES string of the molecule is CC[C@@]1(C(=O)c2ccc(Br)cc2)[C@H]2c3cc(Br)ccc3OC(=O)[C@@]21C(=O)c1ccccc1. The number of benzene rings is 3. The molecule has 2 aliphatic rings. The van der Waals surface area contributed by atoms with Crippen LogP contribution < -0.4 is 4.74 Å². The van der Waals surface area contributed by atoms with E-state index in [2.05, 4.69) is 31.9 Å². The van der Waals surface area contributed by atoms with Crippen molar-refractivity contribution in [3.63, 3.8) is 0 Å². The Morgan fingerprint density at radius 3 is 2.16 bits per heavy atom. The second kappa shape index (κ2) is 7.49. The van der Waals surface area contributed by atoms with Crippen molar-refractivity contribution in [2.24, 2.45) is 10.8 Å². The number of carbonyl (C=O) groups is 3. The molecule has 1 heterocycles. The van der Waals surface area contributed by atoms with Gasteiger partial charge in [0.15, 0.2) is 17.0 Å². The Balaban J connectivity index is 1.76. The molecule has 0 radical (unpaired) electrons. The van der Waals surface area contributed by atoms with Crippen molar-refractivity contribution in [1.29, 1.82) is 0 Å². The van der Waals surface area contributed by atoms with Crippen LogP contribution in [0.5, 0.6) is 5.75 Å². The Hall–Kier alpha value is -2.57. The number of fused-ring (bicyclic) bond motifs is 3. The molecule has 0 amide bonds. The first-order chi connectivity index (χ1) is 15.4. The zero-order chi connectivity index (χ0) is 22.7. The van der Waals surface area contributed by atoms with Crippen LogP contribution in [0.25, 0.3) is 0 Å². The van der Waals surface area contributed by atoms with E-state index in [-0.39, 0.29) is 11.6 Å². The molecule has 160 valence electrons.